The summed E-state index contributed by atoms with van der Waals surface area (Å²) in [5.41, 5.74) is 9.05. The molecule has 2 aliphatic rings. The van der Waals surface area contributed by atoms with E-state index in [4.69, 9.17) is 5.73 Å². The first-order chi connectivity index (χ1) is 20.8. The molecule has 1 aliphatic carbocycles. The van der Waals surface area contributed by atoms with Crippen molar-refractivity contribution in [3.8, 4) is 0 Å². The lowest BCUT2D eigenvalue weighted by molar-refractivity contribution is -0.0502. The molecule has 220 valence electrons. The molecule has 1 spiro atoms. The molecular formula is C35H35N3O5. The molecule has 2 unspecified atom stereocenters. The number of carboxylic acids is 1. The summed E-state index contributed by atoms with van der Waals surface area (Å²) in [4.78, 5) is 29.9. The van der Waals surface area contributed by atoms with Crippen molar-refractivity contribution in [1.82, 2.24) is 9.80 Å². The maximum Gasteiger partial charge on any atom is 0.335 e. The zero-order chi connectivity index (χ0) is 30.1. The monoisotopic (exact) mass is 577 g/mol. The van der Waals surface area contributed by atoms with Crippen LogP contribution in [0.5, 0.6) is 0 Å². The molecule has 1 saturated heterocycles. The third kappa shape index (κ3) is 5.47. The number of nitrogen functional groups attached to an aromatic ring is 1. The van der Waals surface area contributed by atoms with Crippen molar-refractivity contribution >= 4 is 17.7 Å². The molecule has 0 bridgehead atoms. The number of hydrogen-bond acceptors (Lipinski definition) is 5. The van der Waals surface area contributed by atoms with E-state index in [0.717, 1.165) is 16.7 Å². The highest BCUT2D eigenvalue weighted by Crippen LogP contribution is 2.60. The Morgan fingerprint density at radius 1 is 0.814 bits per heavy atom. The lowest BCUT2D eigenvalue weighted by Gasteiger charge is -2.36. The molecule has 4 aromatic rings. The van der Waals surface area contributed by atoms with Crippen LogP contribution in [0.25, 0.3) is 0 Å². The molecule has 6 rings (SSSR count). The number of hydrogen-bond donors (Lipinski definition) is 4. The van der Waals surface area contributed by atoms with Gasteiger partial charge >= 0.3 is 12.0 Å². The van der Waals surface area contributed by atoms with Crippen LogP contribution >= 0.6 is 0 Å². The topological polar surface area (TPSA) is 127 Å². The van der Waals surface area contributed by atoms with Gasteiger partial charge in [0, 0.05) is 24.7 Å². The first kappa shape index (κ1) is 28.5. The first-order valence-corrected chi connectivity index (χ1v) is 14.5. The second-order valence-electron chi connectivity index (χ2n) is 11.6. The van der Waals surface area contributed by atoms with Crippen LogP contribution < -0.4 is 5.73 Å². The van der Waals surface area contributed by atoms with Crippen LogP contribution in [0.4, 0.5) is 10.5 Å². The van der Waals surface area contributed by atoms with Crippen molar-refractivity contribution in [3.63, 3.8) is 0 Å². The Balaban J connectivity index is 1.47. The lowest BCUT2D eigenvalue weighted by Crippen LogP contribution is -2.52. The number of rotatable bonds is 8. The maximum atomic E-state index is 14.9. The number of aromatic carboxylic acids is 1. The molecule has 0 aromatic heterocycles. The van der Waals surface area contributed by atoms with Gasteiger partial charge < -0.3 is 30.9 Å². The van der Waals surface area contributed by atoms with Crippen molar-refractivity contribution in [2.75, 3.05) is 5.73 Å². The minimum atomic E-state index is -1.27. The van der Waals surface area contributed by atoms with Crippen molar-refractivity contribution in [2.45, 2.75) is 55.6 Å². The van der Waals surface area contributed by atoms with Crippen LogP contribution in [0.15, 0.2) is 109 Å². The van der Waals surface area contributed by atoms with Crippen molar-refractivity contribution in [2.24, 2.45) is 0 Å². The highest BCUT2D eigenvalue weighted by molar-refractivity contribution is 5.87. The third-order valence-corrected chi connectivity index (χ3v) is 8.89. The van der Waals surface area contributed by atoms with Gasteiger partial charge in [-0.15, -0.1) is 0 Å². The van der Waals surface area contributed by atoms with E-state index in [1.54, 1.807) is 34.1 Å². The molecule has 2 fully saturated rings. The molecule has 8 heteroatoms. The fourth-order valence-corrected chi connectivity index (χ4v) is 6.67. The van der Waals surface area contributed by atoms with Crippen molar-refractivity contribution in [1.29, 1.82) is 0 Å². The summed E-state index contributed by atoms with van der Waals surface area (Å²) in [6, 6.07) is 32.0. The van der Waals surface area contributed by atoms with Crippen LogP contribution in [0.3, 0.4) is 0 Å². The third-order valence-electron chi connectivity index (χ3n) is 8.89. The summed E-state index contributed by atoms with van der Waals surface area (Å²) in [5.74, 6) is -1.25. The van der Waals surface area contributed by atoms with Crippen LogP contribution in [-0.2, 0) is 19.5 Å². The Bertz CT molecular complexity index is 1610. The minimum absolute atomic E-state index is 0.0563. The van der Waals surface area contributed by atoms with Gasteiger partial charge in [-0.25, -0.2) is 9.59 Å². The van der Waals surface area contributed by atoms with E-state index in [1.165, 1.54) is 6.07 Å². The van der Waals surface area contributed by atoms with Gasteiger partial charge in [-0.05, 0) is 59.4 Å². The Labute approximate surface area is 250 Å². The van der Waals surface area contributed by atoms with E-state index >= 15 is 0 Å². The van der Waals surface area contributed by atoms with Crippen LogP contribution in [0.1, 0.15) is 45.0 Å². The SMILES string of the molecule is Nc1cccc(CN2C(=O)N(Cc3cccc(C(=O)O)c3)[C@H](Cc3ccccc3)[C@H](O)[C@@H](O)C23CC3c2ccccc2)c1. The molecule has 8 nitrogen and oxygen atoms in total. The fraction of sp³-hybridized carbons (Fsp3) is 0.257. The molecule has 1 heterocycles. The summed E-state index contributed by atoms with van der Waals surface area (Å²) in [6.07, 6.45) is -1.72. The summed E-state index contributed by atoms with van der Waals surface area (Å²) >= 11 is 0. The molecule has 43 heavy (non-hydrogen) atoms. The second kappa shape index (κ2) is 11.6. The second-order valence-corrected chi connectivity index (χ2v) is 11.6. The van der Waals surface area contributed by atoms with Gasteiger partial charge in [-0.1, -0.05) is 84.9 Å². The largest absolute Gasteiger partial charge is 0.478 e. The van der Waals surface area contributed by atoms with E-state index in [-0.39, 0.29) is 30.6 Å². The number of urea groups is 1. The number of carbonyl (C=O) groups excluding carboxylic acids is 1. The number of benzene rings is 4. The Kier molecular flexibility index (Phi) is 7.64. The Morgan fingerprint density at radius 3 is 2.12 bits per heavy atom. The molecule has 4 aromatic carbocycles. The van der Waals surface area contributed by atoms with Gasteiger partial charge in [0.05, 0.1) is 17.1 Å². The molecule has 5 atom stereocenters. The predicted molar refractivity (Wildman–Crippen MR) is 163 cm³/mol. The fourth-order valence-electron chi connectivity index (χ4n) is 6.67. The van der Waals surface area contributed by atoms with E-state index in [2.05, 4.69) is 0 Å². The average Bonchev–Trinajstić information content (AvgIpc) is 3.78. The number of aliphatic hydroxyl groups is 2. The molecular weight excluding hydrogens is 542 g/mol. The number of aliphatic hydroxyl groups excluding tert-OH is 2. The highest BCUT2D eigenvalue weighted by atomic mass is 16.4. The molecule has 5 N–H and O–H groups in total. The predicted octanol–water partition coefficient (Wildman–Crippen LogP) is 4.66. The zero-order valence-electron chi connectivity index (χ0n) is 23.7. The lowest BCUT2D eigenvalue weighted by atomic mass is 9.90. The minimum Gasteiger partial charge on any atom is -0.478 e. The number of nitrogens with zero attached hydrogens (tertiary/aromatic N) is 2. The van der Waals surface area contributed by atoms with Crippen LogP contribution in [0, 0.1) is 0 Å². The van der Waals surface area contributed by atoms with Crippen molar-refractivity contribution < 1.29 is 24.9 Å². The van der Waals surface area contributed by atoms with Crippen LogP contribution in [-0.4, -0.2) is 60.9 Å². The quantitative estimate of drug-likeness (QED) is 0.226. The number of carbonyl (C=O) groups is 2. The van der Waals surface area contributed by atoms with Crippen LogP contribution in [0.2, 0.25) is 0 Å². The summed E-state index contributed by atoms with van der Waals surface area (Å²) in [5, 5.41) is 33.7. The Hall–Kier alpha value is -4.66. The van der Waals surface area contributed by atoms with Gasteiger partial charge in [0.15, 0.2) is 0 Å². The number of nitrogens with two attached hydrogens (primary N) is 1. The molecule has 2 amide bonds. The van der Waals surface area contributed by atoms with E-state index in [9.17, 15) is 24.9 Å². The summed E-state index contributed by atoms with van der Waals surface area (Å²) in [7, 11) is 0. The number of anilines is 1. The van der Waals surface area contributed by atoms with E-state index < -0.39 is 29.8 Å². The maximum absolute atomic E-state index is 14.9. The van der Waals surface area contributed by atoms with Gasteiger partial charge in [-0.3, -0.25) is 0 Å². The van der Waals surface area contributed by atoms with Crippen molar-refractivity contribution in [3.05, 3.63) is 137 Å². The van der Waals surface area contributed by atoms with Gasteiger partial charge in [0.1, 0.15) is 12.2 Å². The highest BCUT2D eigenvalue weighted by Gasteiger charge is 2.68. The first-order valence-electron chi connectivity index (χ1n) is 14.5. The smallest absolute Gasteiger partial charge is 0.335 e. The summed E-state index contributed by atoms with van der Waals surface area (Å²) in [6.45, 7) is 0.238. The van der Waals surface area contributed by atoms with Gasteiger partial charge in [-0.2, -0.15) is 0 Å². The average molecular weight is 578 g/mol. The van der Waals surface area contributed by atoms with E-state index in [1.807, 2.05) is 78.9 Å². The normalized spacial score (nSPS) is 25.0. The van der Waals surface area contributed by atoms with Gasteiger partial charge in [0.2, 0.25) is 0 Å². The molecule has 0 radical (unpaired) electrons. The standard InChI is InChI=1S/C35H35N3O5/c36-28-16-8-12-25(18-28)22-38-34(43)37(21-24-11-7-15-27(17-24)33(41)42)30(19-23-9-3-1-4-10-23)31(39)32(40)35(38)20-29(35)26-13-5-2-6-14-26/h1-18,29-32,39-40H,19-22,36H2,(H,41,42)/t29?,30-,31+,32-,35?/m1/s1. The molecule has 1 saturated carbocycles. The van der Waals surface area contributed by atoms with E-state index in [0.29, 0.717) is 24.1 Å². The molecule has 1 aliphatic heterocycles. The van der Waals surface area contributed by atoms with Gasteiger partial charge in [0.25, 0.3) is 0 Å². The number of amides is 2. The number of carboxylic acid groups (broad SMARTS) is 1. The Morgan fingerprint density at radius 2 is 1.44 bits per heavy atom. The zero-order valence-corrected chi connectivity index (χ0v) is 23.7. The summed E-state index contributed by atoms with van der Waals surface area (Å²) < 4.78 is 0.